The van der Waals surface area contributed by atoms with Crippen LogP contribution in [-0.4, -0.2) is 18.4 Å². The van der Waals surface area contributed by atoms with E-state index in [-0.39, 0.29) is 44.9 Å². The second-order valence-corrected chi connectivity index (χ2v) is 2.81. The first-order valence-electron chi connectivity index (χ1n) is 4.49. The number of hydrogen-bond acceptors (Lipinski definition) is 3. The third-order valence-corrected chi connectivity index (χ3v) is 1.72. The van der Waals surface area contributed by atoms with Crippen molar-refractivity contribution in [2.75, 3.05) is 6.61 Å². The second-order valence-electron chi connectivity index (χ2n) is 2.81. The number of rotatable bonds is 4. The van der Waals surface area contributed by atoms with Gasteiger partial charge in [0.05, 0.1) is 13.0 Å². The van der Waals surface area contributed by atoms with Crippen LogP contribution in [0, 0.1) is 11.9 Å². The molecule has 0 spiro atoms. The van der Waals surface area contributed by atoms with E-state index in [1.54, 1.807) is 6.92 Å². The molecule has 0 N–H and O–H groups in total. The van der Waals surface area contributed by atoms with E-state index in [0.29, 0.717) is 0 Å². The average molecular weight is 298 g/mol. The first-order valence-corrected chi connectivity index (χ1v) is 4.49. The van der Waals surface area contributed by atoms with Gasteiger partial charge >= 0.3 is 38.7 Å². The molecular formula is C11H10FO3Y+2. The Balaban J connectivity index is 0.00000225. The predicted octanol–water partition coefficient (Wildman–Crippen LogP) is 1.76. The van der Waals surface area contributed by atoms with Crippen LogP contribution < -0.4 is 0 Å². The monoisotopic (exact) mass is 298 g/mol. The van der Waals surface area contributed by atoms with Gasteiger partial charge in [-0.1, -0.05) is 5.56 Å². The predicted molar refractivity (Wildman–Crippen MR) is 50.8 cm³/mol. The van der Waals surface area contributed by atoms with E-state index in [0.717, 1.165) is 6.07 Å². The molecule has 0 aliphatic rings. The summed E-state index contributed by atoms with van der Waals surface area (Å²) < 4.78 is 17.7. The number of carbonyl (C=O) groups excluding carboxylic acids is 2. The average Bonchev–Trinajstić information content (AvgIpc) is 2.18. The zero-order chi connectivity index (χ0) is 11.3. The van der Waals surface area contributed by atoms with Gasteiger partial charge in [-0.3, -0.25) is 4.79 Å². The van der Waals surface area contributed by atoms with Crippen LogP contribution in [0.1, 0.15) is 23.7 Å². The van der Waals surface area contributed by atoms with Crippen molar-refractivity contribution in [1.29, 1.82) is 0 Å². The Morgan fingerprint density at radius 2 is 2.19 bits per heavy atom. The molecule has 1 aromatic carbocycles. The Morgan fingerprint density at radius 1 is 1.50 bits per heavy atom. The molecule has 0 amide bonds. The molecular weight excluding hydrogens is 288 g/mol. The summed E-state index contributed by atoms with van der Waals surface area (Å²) in [6, 6.07) is 6.28. The first-order chi connectivity index (χ1) is 7.15. The molecule has 16 heavy (non-hydrogen) atoms. The molecule has 0 saturated carbocycles. The number of hydrogen-bond donors (Lipinski definition) is 0. The molecule has 0 fully saturated rings. The first kappa shape index (κ1) is 15.4. The van der Waals surface area contributed by atoms with Gasteiger partial charge in [0.2, 0.25) is 0 Å². The smallest absolute Gasteiger partial charge is 0.466 e. The summed E-state index contributed by atoms with van der Waals surface area (Å²) in [5.74, 6) is -1.89. The van der Waals surface area contributed by atoms with Crippen LogP contribution in [0.2, 0.25) is 0 Å². The fourth-order valence-corrected chi connectivity index (χ4v) is 1.06. The summed E-state index contributed by atoms with van der Waals surface area (Å²) >= 11 is 0. The van der Waals surface area contributed by atoms with E-state index in [4.69, 9.17) is 0 Å². The zero-order valence-electron chi connectivity index (χ0n) is 8.83. The fourth-order valence-electron chi connectivity index (χ4n) is 1.06. The van der Waals surface area contributed by atoms with Gasteiger partial charge in [-0.2, -0.15) is 18.2 Å². The number of benzene rings is 1. The Morgan fingerprint density at radius 3 is 2.75 bits per heavy atom. The van der Waals surface area contributed by atoms with Crippen molar-refractivity contribution in [1.82, 2.24) is 0 Å². The Labute approximate surface area is 118 Å². The number of halogens is 1. The van der Waals surface area contributed by atoms with E-state index in [1.807, 2.05) is 0 Å². The van der Waals surface area contributed by atoms with E-state index in [1.165, 1.54) is 12.1 Å². The maximum Gasteiger partial charge on any atom is 3.00 e. The van der Waals surface area contributed by atoms with Crippen molar-refractivity contribution < 1.29 is 51.4 Å². The zero-order valence-corrected chi connectivity index (χ0v) is 11.7. The summed E-state index contributed by atoms with van der Waals surface area (Å²) in [5.41, 5.74) is -0.134. The molecule has 5 heteroatoms. The van der Waals surface area contributed by atoms with Crippen molar-refractivity contribution in [2.45, 2.75) is 13.3 Å². The molecule has 0 aliphatic heterocycles. The van der Waals surface area contributed by atoms with Crippen LogP contribution in [0.15, 0.2) is 18.2 Å². The van der Waals surface area contributed by atoms with Gasteiger partial charge in [-0.25, -0.2) is 4.39 Å². The number of ether oxygens (including phenoxy) is 1. The minimum Gasteiger partial charge on any atom is -0.466 e. The van der Waals surface area contributed by atoms with Gasteiger partial charge in [-0.15, -0.1) is 6.07 Å². The molecule has 0 atom stereocenters. The molecule has 0 aromatic heterocycles. The van der Waals surface area contributed by atoms with Crippen LogP contribution in [0.5, 0.6) is 0 Å². The molecule has 1 rings (SSSR count). The number of Topliss-reactive ketones (excluding diaryl/α,β-unsaturated/α-hetero) is 1. The second kappa shape index (κ2) is 7.63. The van der Waals surface area contributed by atoms with Crippen LogP contribution in [0.3, 0.4) is 0 Å². The summed E-state index contributed by atoms with van der Waals surface area (Å²) in [6.45, 7) is 1.84. The van der Waals surface area contributed by atoms with E-state index >= 15 is 0 Å². The van der Waals surface area contributed by atoms with Crippen molar-refractivity contribution >= 4 is 11.8 Å². The molecule has 0 heterocycles. The number of carbonyl (C=O) groups is 2. The van der Waals surface area contributed by atoms with Crippen molar-refractivity contribution in [2.24, 2.45) is 0 Å². The van der Waals surface area contributed by atoms with E-state index in [9.17, 15) is 14.0 Å². The minimum atomic E-state index is -0.650. The SMILES string of the molecule is CCOC(=O)CC(=O)c1c[c-]ccc1F.[Y+3]. The van der Waals surface area contributed by atoms with Crippen LogP contribution in [-0.2, 0) is 42.2 Å². The third kappa shape index (κ3) is 4.50. The van der Waals surface area contributed by atoms with Gasteiger partial charge in [0.1, 0.15) is 5.78 Å². The molecule has 3 nitrogen and oxygen atoms in total. The Kier molecular flexibility index (Phi) is 7.34. The molecule has 80 valence electrons. The largest absolute Gasteiger partial charge is 3.00 e. The summed E-state index contributed by atoms with van der Waals surface area (Å²) in [4.78, 5) is 22.4. The molecule has 0 aliphatic carbocycles. The van der Waals surface area contributed by atoms with Gasteiger partial charge < -0.3 is 9.53 Å². The summed E-state index contributed by atoms with van der Waals surface area (Å²) in [6.07, 6.45) is -0.442. The van der Waals surface area contributed by atoms with Crippen molar-refractivity contribution in [3.63, 3.8) is 0 Å². The fraction of sp³-hybridized carbons (Fsp3) is 0.273. The quantitative estimate of drug-likeness (QED) is 0.368. The molecule has 0 bridgehead atoms. The van der Waals surface area contributed by atoms with E-state index in [2.05, 4.69) is 10.8 Å². The Bertz CT molecular complexity index is 379. The standard InChI is InChI=1S/C11H10FO3.Y/c1-2-15-11(14)7-10(13)8-5-3-4-6-9(8)12;/h4-6H,2,7H2,1H3;/q-1;+3. The maximum atomic E-state index is 13.1. The van der Waals surface area contributed by atoms with Crippen molar-refractivity contribution in [3.8, 4) is 0 Å². The normalized spacial score (nSPS) is 9.12. The molecule has 0 unspecified atom stereocenters. The van der Waals surface area contributed by atoms with Gasteiger partial charge in [0.25, 0.3) is 0 Å². The molecule has 1 aromatic rings. The van der Waals surface area contributed by atoms with Gasteiger partial charge in [0.15, 0.2) is 0 Å². The van der Waals surface area contributed by atoms with Crippen LogP contribution in [0.4, 0.5) is 4.39 Å². The third-order valence-electron chi connectivity index (χ3n) is 1.72. The maximum absolute atomic E-state index is 13.1. The van der Waals surface area contributed by atoms with Gasteiger partial charge in [-0.05, 0) is 6.92 Å². The number of ketones is 1. The van der Waals surface area contributed by atoms with E-state index < -0.39 is 24.0 Å². The number of esters is 1. The van der Waals surface area contributed by atoms with Crippen LogP contribution >= 0.6 is 0 Å². The minimum absolute atomic E-state index is 0. The molecule has 0 radical (unpaired) electrons. The van der Waals surface area contributed by atoms with Gasteiger partial charge in [0, 0.05) is 5.82 Å². The summed E-state index contributed by atoms with van der Waals surface area (Å²) in [7, 11) is 0. The van der Waals surface area contributed by atoms with Crippen molar-refractivity contribution in [3.05, 3.63) is 35.6 Å². The van der Waals surface area contributed by atoms with Crippen LogP contribution in [0.25, 0.3) is 0 Å². The Hall–Kier alpha value is -0.606. The molecule has 0 saturated heterocycles. The topological polar surface area (TPSA) is 43.4 Å². The summed E-state index contributed by atoms with van der Waals surface area (Å²) in [5, 5.41) is 0.